The Hall–Kier alpha value is -2.90. The lowest BCUT2D eigenvalue weighted by Gasteiger charge is -2.34. The predicted molar refractivity (Wildman–Crippen MR) is 104 cm³/mol. The Morgan fingerprint density at radius 3 is 2.82 bits per heavy atom. The van der Waals surface area contributed by atoms with Crippen molar-refractivity contribution in [2.45, 2.75) is 40.5 Å². The first kappa shape index (κ1) is 18.5. The average Bonchev–Trinajstić information content (AvgIpc) is 3.29. The molecule has 4 rings (SSSR count). The van der Waals surface area contributed by atoms with Crippen LogP contribution in [0.5, 0.6) is 0 Å². The molecule has 1 aliphatic heterocycles. The van der Waals surface area contributed by atoms with E-state index in [1.54, 1.807) is 0 Å². The fourth-order valence-electron chi connectivity index (χ4n) is 3.79. The number of fused-ring (bicyclic) bond motifs is 1. The van der Waals surface area contributed by atoms with Crippen LogP contribution in [0.3, 0.4) is 0 Å². The highest BCUT2D eigenvalue weighted by Gasteiger charge is 2.29. The van der Waals surface area contributed by atoms with Crippen molar-refractivity contribution in [3.63, 3.8) is 0 Å². The average molecular weight is 383 g/mol. The van der Waals surface area contributed by atoms with E-state index in [0.717, 1.165) is 53.6 Å². The van der Waals surface area contributed by atoms with Crippen molar-refractivity contribution in [1.82, 2.24) is 19.8 Å². The second kappa shape index (κ2) is 7.26. The van der Waals surface area contributed by atoms with E-state index in [1.165, 1.54) is 0 Å². The van der Waals surface area contributed by atoms with Gasteiger partial charge in [0, 0.05) is 36.5 Å². The second-order valence-electron chi connectivity index (χ2n) is 7.31. The van der Waals surface area contributed by atoms with Gasteiger partial charge in [0.15, 0.2) is 5.65 Å². The van der Waals surface area contributed by atoms with E-state index in [1.807, 2.05) is 44.3 Å². The van der Waals surface area contributed by atoms with Crippen molar-refractivity contribution in [2.24, 2.45) is 5.92 Å². The van der Waals surface area contributed by atoms with Crippen LogP contribution >= 0.6 is 0 Å². The molecule has 3 aromatic heterocycles. The standard InChI is InChI=1S/C20H25N5O3/c1-5-27-20(26)15-7-6-8-24(11-15)19-13(3)14(4)21-18-10-16(22-25(18)19)17-9-12(2)28-23-17/h9-10,15H,5-8,11H2,1-4H3/t15-/m1/s1. The summed E-state index contributed by atoms with van der Waals surface area (Å²) < 4.78 is 12.3. The van der Waals surface area contributed by atoms with Crippen LogP contribution in [0.25, 0.3) is 17.0 Å². The first-order chi connectivity index (χ1) is 13.5. The van der Waals surface area contributed by atoms with Crippen LogP contribution in [-0.2, 0) is 9.53 Å². The topological polar surface area (TPSA) is 85.8 Å². The lowest BCUT2D eigenvalue weighted by atomic mass is 9.98. The van der Waals surface area contributed by atoms with Crippen molar-refractivity contribution in [1.29, 1.82) is 0 Å². The monoisotopic (exact) mass is 383 g/mol. The normalized spacial score (nSPS) is 17.3. The summed E-state index contributed by atoms with van der Waals surface area (Å²) in [5, 5.41) is 8.82. The van der Waals surface area contributed by atoms with Crippen LogP contribution in [0.2, 0.25) is 0 Å². The number of aromatic nitrogens is 4. The first-order valence-electron chi connectivity index (χ1n) is 9.70. The number of hydrogen-bond donors (Lipinski definition) is 0. The van der Waals surface area contributed by atoms with E-state index in [4.69, 9.17) is 19.3 Å². The molecule has 0 N–H and O–H groups in total. The number of hydrogen-bond acceptors (Lipinski definition) is 7. The molecule has 148 valence electrons. The summed E-state index contributed by atoms with van der Waals surface area (Å²) in [6.07, 6.45) is 1.78. The molecule has 0 amide bonds. The van der Waals surface area contributed by atoms with E-state index in [2.05, 4.69) is 10.1 Å². The van der Waals surface area contributed by atoms with E-state index in [0.29, 0.717) is 18.8 Å². The Morgan fingerprint density at radius 1 is 1.29 bits per heavy atom. The molecule has 0 saturated carbocycles. The fourth-order valence-corrected chi connectivity index (χ4v) is 3.79. The number of esters is 1. The zero-order valence-corrected chi connectivity index (χ0v) is 16.7. The zero-order valence-electron chi connectivity index (χ0n) is 16.7. The summed E-state index contributed by atoms with van der Waals surface area (Å²) >= 11 is 0. The van der Waals surface area contributed by atoms with Gasteiger partial charge in [0.2, 0.25) is 0 Å². The van der Waals surface area contributed by atoms with Gasteiger partial charge in [0.25, 0.3) is 0 Å². The van der Waals surface area contributed by atoms with Crippen LogP contribution in [0.1, 0.15) is 36.8 Å². The maximum atomic E-state index is 12.3. The molecule has 0 radical (unpaired) electrons. The van der Waals surface area contributed by atoms with Crippen LogP contribution in [0.15, 0.2) is 16.7 Å². The summed E-state index contributed by atoms with van der Waals surface area (Å²) in [5.74, 6) is 1.47. The smallest absolute Gasteiger partial charge is 0.310 e. The van der Waals surface area contributed by atoms with Crippen molar-refractivity contribution in [3.8, 4) is 11.4 Å². The molecule has 0 aliphatic carbocycles. The molecule has 1 atom stereocenters. The Kier molecular flexibility index (Phi) is 4.78. The number of anilines is 1. The Labute approximate surface area is 163 Å². The summed E-state index contributed by atoms with van der Waals surface area (Å²) in [5.41, 5.74) is 4.17. The first-order valence-corrected chi connectivity index (χ1v) is 9.70. The Bertz CT molecular complexity index is 1020. The predicted octanol–water partition coefficient (Wildman–Crippen LogP) is 3.09. The molecule has 3 aromatic rings. The Balaban J connectivity index is 1.76. The number of nitrogens with zero attached hydrogens (tertiary/aromatic N) is 5. The molecule has 8 nitrogen and oxygen atoms in total. The van der Waals surface area contributed by atoms with Gasteiger partial charge in [-0.1, -0.05) is 5.16 Å². The van der Waals surface area contributed by atoms with Gasteiger partial charge >= 0.3 is 5.97 Å². The number of carbonyl (C=O) groups excluding carboxylic acids is 1. The number of ether oxygens (including phenoxy) is 1. The van der Waals surface area contributed by atoms with Crippen molar-refractivity contribution in [2.75, 3.05) is 24.6 Å². The maximum Gasteiger partial charge on any atom is 0.310 e. The largest absolute Gasteiger partial charge is 0.466 e. The van der Waals surface area contributed by atoms with Crippen LogP contribution in [0.4, 0.5) is 5.82 Å². The Morgan fingerprint density at radius 2 is 2.11 bits per heavy atom. The third-order valence-corrected chi connectivity index (χ3v) is 5.28. The van der Waals surface area contributed by atoms with Gasteiger partial charge < -0.3 is 14.2 Å². The zero-order chi connectivity index (χ0) is 19.8. The van der Waals surface area contributed by atoms with E-state index in [9.17, 15) is 4.79 Å². The molecular weight excluding hydrogens is 358 g/mol. The molecule has 0 spiro atoms. The summed E-state index contributed by atoms with van der Waals surface area (Å²) in [6.45, 7) is 9.64. The van der Waals surface area contributed by atoms with Crippen molar-refractivity contribution < 1.29 is 14.1 Å². The molecular formula is C20H25N5O3. The minimum atomic E-state index is -0.121. The van der Waals surface area contributed by atoms with Gasteiger partial charge in [0.05, 0.1) is 12.5 Å². The molecule has 0 bridgehead atoms. The highest BCUT2D eigenvalue weighted by molar-refractivity contribution is 5.74. The lowest BCUT2D eigenvalue weighted by molar-refractivity contribution is -0.148. The number of carbonyl (C=O) groups is 1. The molecule has 1 saturated heterocycles. The molecule has 1 aliphatic rings. The maximum absolute atomic E-state index is 12.3. The summed E-state index contributed by atoms with van der Waals surface area (Å²) in [4.78, 5) is 19.2. The van der Waals surface area contributed by atoms with Crippen LogP contribution in [0, 0.1) is 26.7 Å². The minimum absolute atomic E-state index is 0.119. The van der Waals surface area contributed by atoms with Gasteiger partial charge in [0.1, 0.15) is 23.0 Å². The third kappa shape index (κ3) is 3.23. The summed E-state index contributed by atoms with van der Waals surface area (Å²) in [7, 11) is 0. The minimum Gasteiger partial charge on any atom is -0.466 e. The summed E-state index contributed by atoms with van der Waals surface area (Å²) in [6, 6.07) is 3.78. The van der Waals surface area contributed by atoms with Gasteiger partial charge in [-0.25, -0.2) is 4.98 Å². The molecule has 8 heteroatoms. The number of piperidine rings is 1. The van der Waals surface area contributed by atoms with E-state index in [-0.39, 0.29) is 11.9 Å². The molecule has 0 aromatic carbocycles. The molecule has 4 heterocycles. The van der Waals surface area contributed by atoms with Gasteiger partial charge in [-0.05, 0) is 40.5 Å². The quantitative estimate of drug-likeness (QED) is 0.640. The van der Waals surface area contributed by atoms with Gasteiger partial charge in [-0.3, -0.25) is 4.79 Å². The lowest BCUT2D eigenvalue weighted by Crippen LogP contribution is -2.41. The highest BCUT2D eigenvalue weighted by atomic mass is 16.5. The highest BCUT2D eigenvalue weighted by Crippen LogP contribution is 2.30. The van der Waals surface area contributed by atoms with E-state index < -0.39 is 0 Å². The molecule has 1 fully saturated rings. The molecule has 0 unspecified atom stereocenters. The second-order valence-corrected chi connectivity index (χ2v) is 7.31. The van der Waals surface area contributed by atoms with Crippen molar-refractivity contribution >= 4 is 17.4 Å². The number of rotatable bonds is 4. The van der Waals surface area contributed by atoms with Crippen molar-refractivity contribution in [3.05, 3.63) is 29.2 Å². The molecule has 28 heavy (non-hydrogen) atoms. The third-order valence-electron chi connectivity index (χ3n) is 5.28. The SMILES string of the molecule is CCOC(=O)[C@@H]1CCCN(c2c(C)c(C)nc3cc(-c4cc(C)on4)nn23)C1. The van der Waals surface area contributed by atoms with E-state index >= 15 is 0 Å². The van der Waals surface area contributed by atoms with Crippen LogP contribution < -0.4 is 4.90 Å². The number of aryl methyl sites for hydroxylation is 2. The fraction of sp³-hybridized carbons (Fsp3) is 0.500. The van der Waals surface area contributed by atoms with Gasteiger partial charge in [-0.2, -0.15) is 9.61 Å². The van der Waals surface area contributed by atoms with Crippen LogP contribution in [-0.4, -0.2) is 45.4 Å². The van der Waals surface area contributed by atoms with Gasteiger partial charge in [-0.15, -0.1) is 0 Å².